The van der Waals surface area contributed by atoms with Crippen LogP contribution in [0.5, 0.6) is 5.75 Å². The highest BCUT2D eigenvalue weighted by Gasteiger charge is 2.06. The number of nitrogens with two attached hydrogens (primary N) is 1. The number of halogens is 1. The molecule has 0 aliphatic heterocycles. The molecular formula is C15H20ClNO. The summed E-state index contributed by atoms with van der Waals surface area (Å²) in [5.41, 5.74) is 6.95. The van der Waals surface area contributed by atoms with Gasteiger partial charge in [0.2, 0.25) is 0 Å². The first kappa shape index (κ1) is 14.8. The van der Waals surface area contributed by atoms with Gasteiger partial charge < -0.3 is 10.5 Å². The zero-order valence-electron chi connectivity index (χ0n) is 10.7. The van der Waals surface area contributed by atoms with Gasteiger partial charge >= 0.3 is 0 Å². The molecule has 2 rings (SSSR count). The number of benzene rings is 2. The van der Waals surface area contributed by atoms with Crippen molar-refractivity contribution < 1.29 is 4.74 Å². The molecule has 0 aromatic heterocycles. The highest BCUT2D eigenvalue weighted by atomic mass is 35.5. The topological polar surface area (TPSA) is 35.2 Å². The molecule has 2 nitrogen and oxygen atoms in total. The fourth-order valence-electron chi connectivity index (χ4n) is 1.99. The van der Waals surface area contributed by atoms with Crippen LogP contribution in [0.4, 0.5) is 0 Å². The van der Waals surface area contributed by atoms with Gasteiger partial charge in [0.1, 0.15) is 5.75 Å². The van der Waals surface area contributed by atoms with Crippen molar-refractivity contribution in [1.82, 2.24) is 0 Å². The first-order valence-electron chi connectivity index (χ1n) is 6.20. The highest BCUT2D eigenvalue weighted by molar-refractivity contribution is 5.87. The van der Waals surface area contributed by atoms with E-state index in [-0.39, 0.29) is 12.4 Å². The molecule has 0 saturated heterocycles. The Labute approximate surface area is 115 Å². The average Bonchev–Trinajstić information content (AvgIpc) is 2.38. The Morgan fingerprint density at radius 1 is 1.11 bits per heavy atom. The van der Waals surface area contributed by atoms with E-state index in [1.165, 1.54) is 10.8 Å². The largest absolute Gasteiger partial charge is 0.493 e. The van der Waals surface area contributed by atoms with Crippen LogP contribution < -0.4 is 10.5 Å². The van der Waals surface area contributed by atoms with Gasteiger partial charge in [-0.1, -0.05) is 43.7 Å². The first-order valence-corrected chi connectivity index (χ1v) is 6.20. The molecule has 0 heterocycles. The zero-order chi connectivity index (χ0) is 12.1. The standard InChI is InChI=1S/C15H19NO.ClH/c1-2-3-10-17-15-9-8-12-6-4-5-7-13(12)14(15)11-16;/h4-9H,2-3,10-11,16H2,1H3;1H. The van der Waals surface area contributed by atoms with Gasteiger partial charge in [0, 0.05) is 12.1 Å². The monoisotopic (exact) mass is 265 g/mol. The maximum absolute atomic E-state index is 5.84. The summed E-state index contributed by atoms with van der Waals surface area (Å²) in [6.07, 6.45) is 2.22. The molecule has 0 saturated carbocycles. The van der Waals surface area contributed by atoms with E-state index in [9.17, 15) is 0 Å². The molecule has 2 aromatic rings. The van der Waals surface area contributed by atoms with Gasteiger partial charge in [-0.2, -0.15) is 0 Å². The van der Waals surface area contributed by atoms with Crippen LogP contribution in [-0.4, -0.2) is 6.61 Å². The number of rotatable bonds is 5. The predicted octanol–water partition coefficient (Wildman–Crippen LogP) is 3.90. The molecule has 0 fully saturated rings. The lowest BCUT2D eigenvalue weighted by Gasteiger charge is -2.12. The summed E-state index contributed by atoms with van der Waals surface area (Å²) in [6, 6.07) is 12.4. The van der Waals surface area contributed by atoms with E-state index in [0.29, 0.717) is 6.54 Å². The minimum atomic E-state index is 0. The maximum atomic E-state index is 5.84. The minimum Gasteiger partial charge on any atom is -0.493 e. The van der Waals surface area contributed by atoms with Crippen LogP contribution in [0.1, 0.15) is 25.3 Å². The summed E-state index contributed by atoms with van der Waals surface area (Å²) < 4.78 is 5.80. The smallest absolute Gasteiger partial charge is 0.124 e. The van der Waals surface area contributed by atoms with E-state index in [2.05, 4.69) is 25.1 Å². The van der Waals surface area contributed by atoms with Crippen molar-refractivity contribution >= 4 is 23.2 Å². The minimum absolute atomic E-state index is 0. The van der Waals surface area contributed by atoms with Gasteiger partial charge in [-0.25, -0.2) is 0 Å². The third-order valence-corrected chi connectivity index (χ3v) is 2.96. The molecule has 0 unspecified atom stereocenters. The highest BCUT2D eigenvalue weighted by Crippen LogP contribution is 2.27. The van der Waals surface area contributed by atoms with Crippen molar-refractivity contribution in [3.05, 3.63) is 42.0 Å². The van der Waals surface area contributed by atoms with E-state index in [0.717, 1.165) is 30.8 Å². The number of hydrogen-bond acceptors (Lipinski definition) is 2. The summed E-state index contributed by atoms with van der Waals surface area (Å²) in [5.74, 6) is 0.930. The van der Waals surface area contributed by atoms with Crippen molar-refractivity contribution in [1.29, 1.82) is 0 Å². The Morgan fingerprint density at radius 3 is 2.61 bits per heavy atom. The lowest BCUT2D eigenvalue weighted by atomic mass is 10.0. The number of ether oxygens (including phenoxy) is 1. The van der Waals surface area contributed by atoms with Crippen LogP contribution in [0.3, 0.4) is 0 Å². The molecule has 2 N–H and O–H groups in total. The fourth-order valence-corrected chi connectivity index (χ4v) is 1.99. The number of unbranched alkanes of at least 4 members (excludes halogenated alkanes) is 1. The number of hydrogen-bond donors (Lipinski definition) is 1. The molecule has 2 aromatic carbocycles. The molecule has 18 heavy (non-hydrogen) atoms. The molecule has 0 aliphatic carbocycles. The summed E-state index contributed by atoms with van der Waals surface area (Å²) in [6.45, 7) is 3.44. The van der Waals surface area contributed by atoms with Gasteiger partial charge in [-0.3, -0.25) is 0 Å². The summed E-state index contributed by atoms with van der Waals surface area (Å²) >= 11 is 0. The van der Waals surface area contributed by atoms with E-state index in [1.807, 2.05) is 18.2 Å². The van der Waals surface area contributed by atoms with E-state index < -0.39 is 0 Å². The Bertz CT molecular complexity index is 499. The quantitative estimate of drug-likeness (QED) is 0.832. The molecular weight excluding hydrogens is 246 g/mol. The van der Waals surface area contributed by atoms with Crippen LogP contribution in [0.15, 0.2) is 36.4 Å². The lowest BCUT2D eigenvalue weighted by molar-refractivity contribution is 0.307. The predicted molar refractivity (Wildman–Crippen MR) is 79.5 cm³/mol. The Hall–Kier alpha value is -1.25. The van der Waals surface area contributed by atoms with Crippen molar-refractivity contribution in [3.63, 3.8) is 0 Å². The SMILES string of the molecule is CCCCOc1ccc2ccccc2c1CN.Cl. The van der Waals surface area contributed by atoms with Crippen molar-refractivity contribution in [2.45, 2.75) is 26.3 Å². The summed E-state index contributed by atoms with van der Waals surface area (Å²) in [4.78, 5) is 0. The summed E-state index contributed by atoms with van der Waals surface area (Å²) in [7, 11) is 0. The molecule has 0 amide bonds. The van der Waals surface area contributed by atoms with E-state index in [1.54, 1.807) is 0 Å². The van der Waals surface area contributed by atoms with Gasteiger partial charge in [-0.05, 0) is 23.3 Å². The van der Waals surface area contributed by atoms with Crippen LogP contribution in [-0.2, 0) is 6.54 Å². The molecule has 0 radical (unpaired) electrons. The Morgan fingerprint density at radius 2 is 1.89 bits per heavy atom. The summed E-state index contributed by atoms with van der Waals surface area (Å²) in [5, 5.41) is 2.42. The maximum Gasteiger partial charge on any atom is 0.124 e. The average molecular weight is 266 g/mol. The van der Waals surface area contributed by atoms with Crippen LogP contribution >= 0.6 is 12.4 Å². The zero-order valence-corrected chi connectivity index (χ0v) is 11.5. The van der Waals surface area contributed by atoms with Crippen LogP contribution in [0.2, 0.25) is 0 Å². The molecule has 0 bridgehead atoms. The Kier molecular flexibility index (Phi) is 5.96. The van der Waals surface area contributed by atoms with Crippen molar-refractivity contribution in [2.75, 3.05) is 6.61 Å². The molecule has 0 atom stereocenters. The Balaban J connectivity index is 0.00000162. The van der Waals surface area contributed by atoms with Gasteiger partial charge in [0.05, 0.1) is 6.61 Å². The van der Waals surface area contributed by atoms with Gasteiger partial charge in [-0.15, -0.1) is 12.4 Å². The van der Waals surface area contributed by atoms with Gasteiger partial charge in [0.15, 0.2) is 0 Å². The molecule has 0 spiro atoms. The normalized spacial score (nSPS) is 10.1. The molecule has 98 valence electrons. The van der Waals surface area contributed by atoms with Gasteiger partial charge in [0.25, 0.3) is 0 Å². The second-order valence-corrected chi connectivity index (χ2v) is 4.17. The van der Waals surface area contributed by atoms with E-state index >= 15 is 0 Å². The fraction of sp³-hybridized carbons (Fsp3) is 0.333. The third-order valence-electron chi connectivity index (χ3n) is 2.96. The van der Waals surface area contributed by atoms with E-state index in [4.69, 9.17) is 10.5 Å². The molecule has 3 heteroatoms. The lowest BCUT2D eigenvalue weighted by Crippen LogP contribution is -2.04. The first-order chi connectivity index (χ1) is 8.36. The van der Waals surface area contributed by atoms with Crippen LogP contribution in [0, 0.1) is 0 Å². The van der Waals surface area contributed by atoms with Crippen LogP contribution in [0.25, 0.3) is 10.8 Å². The van der Waals surface area contributed by atoms with Crippen molar-refractivity contribution in [3.8, 4) is 5.75 Å². The second kappa shape index (κ2) is 7.24. The van der Waals surface area contributed by atoms with Crippen molar-refractivity contribution in [2.24, 2.45) is 5.73 Å². The number of fused-ring (bicyclic) bond motifs is 1. The second-order valence-electron chi connectivity index (χ2n) is 4.17. The third kappa shape index (κ3) is 3.15. The molecule has 0 aliphatic rings.